The standard InChI is InChI=1S/C31H27N3O6S/c1-37-26-15-23(16-27(38-2)29(26)35)18-32-33-31-34(19-25-12-7-13-39-25)30(36)28(41-31)17-22-10-6-11-24(14-22)40-20-21-8-4-3-5-9-21/h3-18,35H,19-20H2,1-2H3/b28-17-,32-18+,33-31-. The van der Waals surface area contributed by atoms with Gasteiger partial charge in [0.1, 0.15) is 18.1 Å². The van der Waals surface area contributed by atoms with Gasteiger partial charge in [0.2, 0.25) is 5.75 Å². The van der Waals surface area contributed by atoms with E-state index in [9.17, 15) is 9.90 Å². The smallest absolute Gasteiger partial charge is 0.267 e. The zero-order valence-electron chi connectivity index (χ0n) is 22.4. The second-order valence-corrected chi connectivity index (χ2v) is 9.84. The molecule has 1 aliphatic heterocycles. The summed E-state index contributed by atoms with van der Waals surface area (Å²) in [6.45, 7) is 0.644. The van der Waals surface area contributed by atoms with E-state index >= 15 is 0 Å². The second kappa shape index (κ2) is 12.9. The number of amides is 1. The summed E-state index contributed by atoms with van der Waals surface area (Å²) in [5, 5.41) is 19.1. The topological polar surface area (TPSA) is 106 Å². The third-order valence-electron chi connectivity index (χ3n) is 6.04. The number of benzene rings is 3. The van der Waals surface area contributed by atoms with Gasteiger partial charge >= 0.3 is 0 Å². The van der Waals surface area contributed by atoms with Crippen LogP contribution in [0.5, 0.6) is 23.0 Å². The second-order valence-electron chi connectivity index (χ2n) is 8.83. The predicted octanol–water partition coefficient (Wildman–Crippen LogP) is 6.09. The van der Waals surface area contributed by atoms with E-state index in [0.29, 0.717) is 33.8 Å². The Morgan fingerprint density at radius 3 is 2.44 bits per heavy atom. The molecule has 41 heavy (non-hydrogen) atoms. The molecule has 208 valence electrons. The molecule has 0 bridgehead atoms. The molecule has 5 rings (SSSR count). The zero-order chi connectivity index (χ0) is 28.6. The monoisotopic (exact) mass is 569 g/mol. The Kier molecular flexibility index (Phi) is 8.70. The number of amidine groups is 1. The highest BCUT2D eigenvalue weighted by molar-refractivity contribution is 8.18. The van der Waals surface area contributed by atoms with E-state index in [0.717, 1.165) is 11.1 Å². The summed E-state index contributed by atoms with van der Waals surface area (Å²) >= 11 is 1.21. The zero-order valence-corrected chi connectivity index (χ0v) is 23.2. The van der Waals surface area contributed by atoms with Crippen LogP contribution in [-0.4, -0.2) is 41.5 Å². The minimum absolute atomic E-state index is 0.107. The van der Waals surface area contributed by atoms with E-state index in [4.69, 9.17) is 18.6 Å². The van der Waals surface area contributed by atoms with Gasteiger partial charge in [-0.3, -0.25) is 9.69 Å². The number of furan rings is 1. The Balaban J connectivity index is 1.38. The van der Waals surface area contributed by atoms with Crippen LogP contribution in [0.4, 0.5) is 0 Å². The largest absolute Gasteiger partial charge is 0.502 e. The molecule has 3 aromatic carbocycles. The van der Waals surface area contributed by atoms with E-state index in [1.54, 1.807) is 36.6 Å². The van der Waals surface area contributed by atoms with Crippen molar-refractivity contribution in [1.82, 2.24) is 4.90 Å². The molecule has 1 aliphatic rings. The van der Waals surface area contributed by atoms with Crippen molar-refractivity contribution in [2.75, 3.05) is 14.2 Å². The summed E-state index contributed by atoms with van der Waals surface area (Å²) in [6, 6.07) is 24.2. The number of phenolic OH excluding ortho intramolecular Hbond substituents is 1. The normalized spacial score (nSPS) is 15.3. The molecule has 4 aromatic rings. The number of methoxy groups -OCH3 is 2. The summed E-state index contributed by atoms with van der Waals surface area (Å²) in [5.41, 5.74) is 2.48. The van der Waals surface area contributed by atoms with Gasteiger partial charge in [-0.2, -0.15) is 5.10 Å². The maximum Gasteiger partial charge on any atom is 0.267 e. The average Bonchev–Trinajstić information content (AvgIpc) is 3.62. The van der Waals surface area contributed by atoms with Gasteiger partial charge < -0.3 is 23.7 Å². The van der Waals surface area contributed by atoms with Gasteiger partial charge in [0.05, 0.1) is 38.1 Å². The van der Waals surface area contributed by atoms with Gasteiger partial charge in [-0.25, -0.2) is 0 Å². The van der Waals surface area contributed by atoms with Crippen LogP contribution in [0.2, 0.25) is 0 Å². The quantitative estimate of drug-likeness (QED) is 0.140. The minimum Gasteiger partial charge on any atom is -0.502 e. The lowest BCUT2D eigenvalue weighted by Crippen LogP contribution is -2.28. The number of rotatable bonds is 10. The Morgan fingerprint density at radius 2 is 1.73 bits per heavy atom. The van der Waals surface area contributed by atoms with Gasteiger partial charge in [0.25, 0.3) is 5.91 Å². The first-order valence-electron chi connectivity index (χ1n) is 12.6. The molecule has 9 nitrogen and oxygen atoms in total. The number of phenols is 1. The van der Waals surface area contributed by atoms with Crippen LogP contribution in [0.1, 0.15) is 22.5 Å². The molecule has 0 radical (unpaired) electrons. The molecule has 0 unspecified atom stereocenters. The molecule has 1 saturated heterocycles. The van der Waals surface area contributed by atoms with Crippen molar-refractivity contribution in [2.45, 2.75) is 13.2 Å². The fourth-order valence-corrected chi connectivity index (χ4v) is 4.93. The van der Waals surface area contributed by atoms with Crippen molar-refractivity contribution in [1.29, 1.82) is 0 Å². The molecule has 0 aliphatic carbocycles. The molecule has 0 saturated carbocycles. The SMILES string of the molecule is COc1cc(/C=N/N=C2\S/C(=C\c3cccc(OCc4ccccc4)c3)C(=O)N2Cc2ccco2)cc(OC)c1O. The number of hydrogen-bond acceptors (Lipinski definition) is 9. The molecule has 0 spiro atoms. The van der Waals surface area contributed by atoms with E-state index in [-0.39, 0.29) is 29.7 Å². The number of carbonyl (C=O) groups is 1. The number of nitrogens with zero attached hydrogens (tertiary/aromatic N) is 3. The van der Waals surface area contributed by atoms with Crippen molar-refractivity contribution < 1.29 is 28.5 Å². The summed E-state index contributed by atoms with van der Waals surface area (Å²) in [5.74, 6) is 1.46. The first-order valence-corrected chi connectivity index (χ1v) is 13.4. The number of ether oxygens (including phenoxy) is 3. The fourth-order valence-electron chi connectivity index (χ4n) is 4.00. The average molecular weight is 570 g/mol. The lowest BCUT2D eigenvalue weighted by Gasteiger charge is -2.12. The van der Waals surface area contributed by atoms with Crippen LogP contribution in [0, 0.1) is 0 Å². The molecular formula is C31H27N3O6S. The maximum absolute atomic E-state index is 13.5. The summed E-state index contributed by atoms with van der Waals surface area (Å²) < 4.78 is 21.8. The highest BCUT2D eigenvalue weighted by atomic mass is 32.2. The lowest BCUT2D eigenvalue weighted by atomic mass is 10.2. The highest BCUT2D eigenvalue weighted by Gasteiger charge is 2.34. The lowest BCUT2D eigenvalue weighted by molar-refractivity contribution is -0.122. The van der Waals surface area contributed by atoms with Crippen LogP contribution in [0.15, 0.2) is 105 Å². The van der Waals surface area contributed by atoms with Crippen molar-refractivity contribution in [2.24, 2.45) is 10.2 Å². The van der Waals surface area contributed by atoms with Crippen LogP contribution >= 0.6 is 11.8 Å². The molecule has 1 fully saturated rings. The predicted molar refractivity (Wildman–Crippen MR) is 158 cm³/mol. The fraction of sp³-hybridized carbons (Fsp3) is 0.129. The number of hydrogen-bond donors (Lipinski definition) is 1. The summed E-state index contributed by atoms with van der Waals surface area (Å²) in [7, 11) is 2.89. The van der Waals surface area contributed by atoms with Crippen LogP contribution in [0.25, 0.3) is 6.08 Å². The Morgan fingerprint density at radius 1 is 0.951 bits per heavy atom. The maximum atomic E-state index is 13.5. The van der Waals surface area contributed by atoms with Gasteiger partial charge in [0.15, 0.2) is 16.7 Å². The van der Waals surface area contributed by atoms with E-state index in [2.05, 4.69) is 10.2 Å². The van der Waals surface area contributed by atoms with Crippen molar-refractivity contribution in [3.05, 3.63) is 112 Å². The van der Waals surface area contributed by atoms with E-state index in [1.807, 2.05) is 54.6 Å². The van der Waals surface area contributed by atoms with Crippen molar-refractivity contribution in [3.63, 3.8) is 0 Å². The molecular weight excluding hydrogens is 542 g/mol. The first kappa shape index (κ1) is 27.6. The van der Waals surface area contributed by atoms with Gasteiger partial charge in [0, 0.05) is 5.56 Å². The van der Waals surface area contributed by atoms with Crippen molar-refractivity contribution in [3.8, 4) is 23.0 Å². The Labute approximate surface area is 241 Å². The van der Waals surface area contributed by atoms with Crippen LogP contribution in [0.3, 0.4) is 0 Å². The summed E-state index contributed by atoms with van der Waals surface area (Å²) in [6.07, 6.45) is 4.85. The van der Waals surface area contributed by atoms with E-state index < -0.39 is 0 Å². The van der Waals surface area contributed by atoms with Gasteiger partial charge in [-0.1, -0.05) is 42.5 Å². The molecule has 2 heterocycles. The molecule has 1 N–H and O–H groups in total. The Hall–Kier alpha value is -4.96. The summed E-state index contributed by atoms with van der Waals surface area (Å²) in [4.78, 5) is 15.4. The Bertz CT molecular complexity index is 1570. The van der Waals surface area contributed by atoms with Gasteiger partial charge in [-0.05, 0) is 65.4 Å². The molecule has 1 aromatic heterocycles. The molecule has 10 heteroatoms. The molecule has 1 amide bonds. The van der Waals surface area contributed by atoms with Crippen LogP contribution < -0.4 is 14.2 Å². The van der Waals surface area contributed by atoms with Crippen molar-refractivity contribution >= 4 is 35.1 Å². The third-order valence-corrected chi connectivity index (χ3v) is 7.04. The van der Waals surface area contributed by atoms with E-state index in [1.165, 1.54) is 37.1 Å². The number of carbonyl (C=O) groups excluding carboxylic acids is 1. The molecule has 0 atom stereocenters. The van der Waals surface area contributed by atoms with Gasteiger partial charge in [-0.15, -0.1) is 5.10 Å². The number of thioether (sulfide) groups is 1. The highest BCUT2D eigenvalue weighted by Crippen LogP contribution is 2.37. The number of aromatic hydroxyl groups is 1. The first-order chi connectivity index (χ1) is 20.0. The third kappa shape index (κ3) is 6.79. The minimum atomic E-state index is -0.219. The van der Waals surface area contributed by atoms with Crippen LogP contribution in [-0.2, 0) is 17.9 Å².